The van der Waals surface area contributed by atoms with E-state index in [1.807, 2.05) is 0 Å². The first kappa shape index (κ1) is 14.9. The highest BCUT2D eigenvalue weighted by Crippen LogP contribution is 2.38. The fraction of sp³-hybridized carbons (Fsp3) is 0.611. The molecule has 1 heterocycles. The molecule has 0 amide bonds. The van der Waals surface area contributed by atoms with Gasteiger partial charge in [-0.25, -0.2) is 4.98 Å². The number of imidazole rings is 1. The van der Waals surface area contributed by atoms with Gasteiger partial charge in [-0.15, -0.1) is 11.6 Å². The summed E-state index contributed by atoms with van der Waals surface area (Å²) in [5.74, 6) is 1.79. The van der Waals surface area contributed by atoms with Crippen LogP contribution in [0.3, 0.4) is 0 Å². The van der Waals surface area contributed by atoms with Crippen LogP contribution < -0.4 is 0 Å². The fourth-order valence-electron chi connectivity index (χ4n) is 3.69. The number of hydrogen-bond donors (Lipinski definition) is 0. The summed E-state index contributed by atoms with van der Waals surface area (Å²) in [7, 11) is 0. The predicted octanol–water partition coefficient (Wildman–Crippen LogP) is 5.10. The number of aryl methyl sites for hydroxylation is 2. The van der Waals surface area contributed by atoms with Gasteiger partial charge < -0.3 is 4.57 Å². The van der Waals surface area contributed by atoms with E-state index in [-0.39, 0.29) is 0 Å². The standard InChI is InChI=1S/C18H25ClN2/c1-14-6-7-16-15(12-14)20-17(8-11-19)21(16)13-18(2)9-4-3-5-10-18/h6-7,12H,3-5,8-11,13H2,1-2H3. The molecule has 3 heteroatoms. The molecule has 2 aromatic rings. The lowest BCUT2D eigenvalue weighted by atomic mass is 9.75. The van der Waals surface area contributed by atoms with Crippen molar-refractivity contribution in [1.82, 2.24) is 9.55 Å². The Balaban J connectivity index is 2.00. The second-order valence-corrected chi connectivity index (χ2v) is 7.29. The van der Waals surface area contributed by atoms with Crippen LogP contribution in [-0.4, -0.2) is 15.4 Å². The number of nitrogens with zero attached hydrogens (tertiary/aromatic N) is 2. The molecule has 1 aromatic heterocycles. The Bertz CT molecular complexity index is 623. The monoisotopic (exact) mass is 304 g/mol. The second-order valence-electron chi connectivity index (χ2n) is 6.92. The molecule has 0 atom stereocenters. The van der Waals surface area contributed by atoms with Crippen LogP contribution in [0.15, 0.2) is 18.2 Å². The van der Waals surface area contributed by atoms with Crippen LogP contribution in [0, 0.1) is 12.3 Å². The maximum absolute atomic E-state index is 5.99. The van der Waals surface area contributed by atoms with E-state index in [4.69, 9.17) is 16.6 Å². The lowest BCUT2D eigenvalue weighted by Gasteiger charge is -2.34. The molecule has 1 saturated carbocycles. The number of rotatable bonds is 4. The van der Waals surface area contributed by atoms with Crippen LogP contribution in [0.4, 0.5) is 0 Å². The van der Waals surface area contributed by atoms with Crippen molar-refractivity contribution in [2.45, 2.75) is 58.9 Å². The average molecular weight is 305 g/mol. The third-order valence-corrected chi connectivity index (χ3v) is 5.09. The normalized spacial score (nSPS) is 18.2. The molecule has 1 aliphatic carbocycles. The molecule has 114 valence electrons. The van der Waals surface area contributed by atoms with Gasteiger partial charge in [0.2, 0.25) is 0 Å². The summed E-state index contributed by atoms with van der Waals surface area (Å²) in [5, 5.41) is 0. The Kier molecular flexibility index (Phi) is 4.26. The van der Waals surface area contributed by atoms with Crippen LogP contribution in [-0.2, 0) is 13.0 Å². The van der Waals surface area contributed by atoms with Crippen LogP contribution in [0.5, 0.6) is 0 Å². The largest absolute Gasteiger partial charge is 0.327 e. The quantitative estimate of drug-likeness (QED) is 0.719. The molecule has 0 aliphatic heterocycles. The summed E-state index contributed by atoms with van der Waals surface area (Å²) < 4.78 is 2.43. The number of halogens is 1. The first-order valence-electron chi connectivity index (χ1n) is 8.13. The van der Waals surface area contributed by atoms with E-state index in [1.54, 1.807) is 0 Å². The highest BCUT2D eigenvalue weighted by molar-refractivity contribution is 6.17. The molecule has 1 aromatic carbocycles. The molecule has 0 saturated heterocycles. The Morgan fingerprint density at radius 1 is 1.24 bits per heavy atom. The van der Waals surface area contributed by atoms with Gasteiger partial charge in [-0.2, -0.15) is 0 Å². The van der Waals surface area contributed by atoms with Gasteiger partial charge in [-0.1, -0.05) is 32.3 Å². The molecule has 1 aliphatic rings. The van der Waals surface area contributed by atoms with Crippen molar-refractivity contribution in [3.63, 3.8) is 0 Å². The highest BCUT2D eigenvalue weighted by Gasteiger charge is 2.28. The van der Waals surface area contributed by atoms with E-state index < -0.39 is 0 Å². The zero-order valence-corrected chi connectivity index (χ0v) is 13.9. The third-order valence-electron chi connectivity index (χ3n) is 4.90. The Labute approximate surface area is 132 Å². The minimum absolute atomic E-state index is 0.415. The average Bonchev–Trinajstić information content (AvgIpc) is 2.76. The molecule has 0 N–H and O–H groups in total. The van der Waals surface area contributed by atoms with Crippen molar-refractivity contribution >= 4 is 22.6 Å². The Morgan fingerprint density at radius 3 is 2.71 bits per heavy atom. The minimum Gasteiger partial charge on any atom is -0.327 e. The maximum atomic E-state index is 5.99. The zero-order chi connectivity index (χ0) is 14.9. The van der Waals surface area contributed by atoms with Crippen molar-refractivity contribution < 1.29 is 0 Å². The second kappa shape index (κ2) is 6.00. The molecule has 0 radical (unpaired) electrons. The van der Waals surface area contributed by atoms with Crippen molar-refractivity contribution in [2.24, 2.45) is 5.41 Å². The van der Waals surface area contributed by atoms with E-state index in [1.165, 1.54) is 43.2 Å². The minimum atomic E-state index is 0.415. The van der Waals surface area contributed by atoms with Gasteiger partial charge in [0, 0.05) is 18.8 Å². The summed E-state index contributed by atoms with van der Waals surface area (Å²) in [5.41, 5.74) is 4.08. The van der Waals surface area contributed by atoms with E-state index in [9.17, 15) is 0 Å². The van der Waals surface area contributed by atoms with Gasteiger partial charge >= 0.3 is 0 Å². The first-order chi connectivity index (χ1) is 10.1. The lowest BCUT2D eigenvalue weighted by Crippen LogP contribution is -2.27. The van der Waals surface area contributed by atoms with Gasteiger partial charge in [0.15, 0.2) is 0 Å². The summed E-state index contributed by atoms with van der Waals surface area (Å²) in [6.07, 6.45) is 7.65. The number of aromatic nitrogens is 2. The Hall–Kier alpha value is -1.02. The van der Waals surface area contributed by atoms with E-state index in [2.05, 4.69) is 36.6 Å². The van der Waals surface area contributed by atoms with Gasteiger partial charge in [0.05, 0.1) is 11.0 Å². The maximum Gasteiger partial charge on any atom is 0.111 e. The molecule has 0 spiro atoms. The number of fused-ring (bicyclic) bond motifs is 1. The number of alkyl halides is 1. The topological polar surface area (TPSA) is 17.8 Å². The Morgan fingerprint density at radius 2 is 2.00 bits per heavy atom. The third kappa shape index (κ3) is 3.11. The molecule has 3 rings (SSSR count). The van der Waals surface area contributed by atoms with Crippen molar-refractivity contribution in [3.05, 3.63) is 29.6 Å². The molecular weight excluding hydrogens is 280 g/mol. The van der Waals surface area contributed by atoms with Gasteiger partial charge in [-0.05, 0) is 42.9 Å². The summed E-state index contributed by atoms with van der Waals surface area (Å²) in [6.45, 7) is 5.65. The summed E-state index contributed by atoms with van der Waals surface area (Å²) >= 11 is 5.99. The fourth-order valence-corrected chi connectivity index (χ4v) is 3.86. The van der Waals surface area contributed by atoms with Crippen molar-refractivity contribution in [1.29, 1.82) is 0 Å². The van der Waals surface area contributed by atoms with Crippen LogP contribution in [0.1, 0.15) is 50.4 Å². The first-order valence-corrected chi connectivity index (χ1v) is 8.66. The summed E-state index contributed by atoms with van der Waals surface area (Å²) in [6, 6.07) is 6.60. The lowest BCUT2D eigenvalue weighted by molar-refractivity contribution is 0.183. The SMILES string of the molecule is Cc1ccc2c(c1)nc(CCCl)n2CC1(C)CCCCC1. The van der Waals surface area contributed by atoms with E-state index in [0.29, 0.717) is 11.3 Å². The smallest absolute Gasteiger partial charge is 0.111 e. The van der Waals surface area contributed by atoms with E-state index in [0.717, 1.165) is 24.3 Å². The molecule has 2 nitrogen and oxygen atoms in total. The molecular formula is C18H25ClN2. The van der Waals surface area contributed by atoms with Crippen LogP contribution in [0.25, 0.3) is 11.0 Å². The van der Waals surface area contributed by atoms with Crippen LogP contribution in [0.2, 0.25) is 0 Å². The zero-order valence-electron chi connectivity index (χ0n) is 13.2. The molecule has 21 heavy (non-hydrogen) atoms. The van der Waals surface area contributed by atoms with Crippen LogP contribution >= 0.6 is 11.6 Å². The van der Waals surface area contributed by atoms with E-state index >= 15 is 0 Å². The molecule has 0 unspecified atom stereocenters. The number of hydrogen-bond acceptors (Lipinski definition) is 1. The van der Waals surface area contributed by atoms with Crippen molar-refractivity contribution in [3.8, 4) is 0 Å². The molecule has 0 bridgehead atoms. The van der Waals surface area contributed by atoms with Gasteiger partial charge in [0.1, 0.15) is 5.82 Å². The summed E-state index contributed by atoms with van der Waals surface area (Å²) in [4.78, 5) is 4.84. The predicted molar refractivity (Wildman–Crippen MR) is 90.1 cm³/mol. The van der Waals surface area contributed by atoms with Crippen molar-refractivity contribution in [2.75, 3.05) is 5.88 Å². The van der Waals surface area contributed by atoms with Gasteiger partial charge in [-0.3, -0.25) is 0 Å². The van der Waals surface area contributed by atoms with Gasteiger partial charge in [0.25, 0.3) is 0 Å². The number of benzene rings is 1. The highest BCUT2D eigenvalue weighted by atomic mass is 35.5. The molecule has 1 fully saturated rings.